The molecule has 0 spiro atoms. The molecule has 0 saturated heterocycles. The number of fused-ring (bicyclic) bond motifs is 6. The third kappa shape index (κ3) is 23.9. The van der Waals surface area contributed by atoms with Gasteiger partial charge in [-0.1, -0.05) is 121 Å². The van der Waals surface area contributed by atoms with Crippen molar-refractivity contribution in [1.82, 2.24) is 118 Å². The molecule has 5 atom stereocenters. The highest BCUT2D eigenvalue weighted by molar-refractivity contribution is 8.01. The van der Waals surface area contributed by atoms with Crippen LogP contribution in [0.4, 0.5) is 17.6 Å². The van der Waals surface area contributed by atoms with Gasteiger partial charge < -0.3 is 55.6 Å². The Morgan fingerprint density at radius 3 is 0.891 bits per heavy atom. The molecule has 0 fully saturated rings. The van der Waals surface area contributed by atoms with Crippen LogP contribution in [0.5, 0.6) is 0 Å². The number of thioether (sulfide) groups is 5. The summed E-state index contributed by atoms with van der Waals surface area (Å²) in [7, 11) is 3.92. The fourth-order valence-electron chi connectivity index (χ4n) is 12.8. The van der Waals surface area contributed by atoms with Crippen LogP contribution in [0.1, 0.15) is 58.6 Å². The number of ether oxygens (including phenoxy) is 3. The van der Waals surface area contributed by atoms with Crippen molar-refractivity contribution in [3.05, 3.63) is 284 Å². The smallest absolute Gasteiger partial charge is 0.319 e. The summed E-state index contributed by atoms with van der Waals surface area (Å²) >= 11 is 10.4. The Morgan fingerprint density at radius 1 is 0.348 bits per heavy atom. The van der Waals surface area contributed by atoms with Crippen molar-refractivity contribution >= 4 is 167 Å². The Kier molecular flexibility index (Phi) is 32.4. The van der Waals surface area contributed by atoms with Crippen LogP contribution in [0.15, 0.2) is 237 Å². The van der Waals surface area contributed by atoms with Gasteiger partial charge in [0.25, 0.3) is 33.4 Å². The molecule has 12 heterocycles. The second kappa shape index (κ2) is 44.7. The number of H-pyrrole nitrogens is 7. The topological polar surface area (TPSA) is 549 Å². The van der Waals surface area contributed by atoms with Crippen LogP contribution in [-0.4, -0.2) is 196 Å². The zero-order valence-corrected chi connectivity index (χ0v) is 79.0. The first-order valence-electron chi connectivity index (χ1n) is 41.1. The number of esters is 3. The van der Waals surface area contributed by atoms with E-state index in [1.54, 1.807) is 72.6 Å². The molecule has 0 aliphatic rings. The molecule has 0 bridgehead atoms. The number of aryl methyl sites for hydroxylation is 2. The maximum atomic E-state index is 13.5. The Hall–Kier alpha value is -15.5. The van der Waals surface area contributed by atoms with Crippen LogP contribution in [0, 0.1) is 41.9 Å². The van der Waals surface area contributed by atoms with Gasteiger partial charge in [0.2, 0.25) is 11.8 Å². The van der Waals surface area contributed by atoms with Gasteiger partial charge >= 0.3 is 17.9 Å². The highest BCUT2D eigenvalue weighted by atomic mass is 32.2. The van der Waals surface area contributed by atoms with Gasteiger partial charge in [-0.3, -0.25) is 57.7 Å². The molecule has 0 aliphatic carbocycles. The molecule has 710 valence electrons. The maximum absolute atomic E-state index is 13.5. The van der Waals surface area contributed by atoms with E-state index in [9.17, 15) is 70.3 Å². The van der Waals surface area contributed by atoms with Gasteiger partial charge in [-0.05, 0) is 168 Å². The summed E-state index contributed by atoms with van der Waals surface area (Å²) in [5.41, 5.74) is 16.3. The van der Waals surface area contributed by atoms with E-state index in [1.807, 2.05) is 76.2 Å². The summed E-state index contributed by atoms with van der Waals surface area (Å²) in [6, 6.07) is 38.8. The number of methoxy groups -OCH3 is 3. The summed E-state index contributed by atoms with van der Waals surface area (Å²) in [4.78, 5) is 170. The molecular formula is C88H80F4N26O14S6. The van der Waals surface area contributed by atoms with E-state index in [4.69, 9.17) is 33.2 Å². The Labute approximate surface area is 800 Å². The Bertz CT molecular complexity index is 7930. The number of carbonyl (C=O) groups excluding carboxylic acids is 5. The fourth-order valence-corrected chi connectivity index (χ4v) is 17.2. The molecule has 0 saturated carbocycles. The van der Waals surface area contributed by atoms with Crippen molar-refractivity contribution in [3.63, 3.8) is 0 Å². The van der Waals surface area contributed by atoms with E-state index in [1.165, 1.54) is 132 Å². The van der Waals surface area contributed by atoms with Crippen LogP contribution in [0.3, 0.4) is 0 Å². The number of hydrogen-bond acceptors (Lipinski definition) is 31. The van der Waals surface area contributed by atoms with E-state index in [2.05, 4.69) is 95.1 Å². The van der Waals surface area contributed by atoms with Crippen LogP contribution >= 0.6 is 71.0 Å². The van der Waals surface area contributed by atoms with Gasteiger partial charge in [0, 0.05) is 0 Å². The molecule has 0 radical (unpaired) electrons. The van der Waals surface area contributed by atoms with E-state index >= 15 is 0 Å². The molecule has 18 rings (SSSR count). The zero-order chi connectivity index (χ0) is 99.0. The SMILES string of the molecule is CC(Sc1nc2c(cnn2-c2cccc(F)c2)c(=O)[nH]1)C(N)=O.CCC(Sc1nc2c(cnn2-c2cccc(F)c2)c(=O)[nH]1)C(=O)OC.CCC(Sc1nc2c(cnn2-c2cccc(F)c2)c(=O)[nH]1)C(N)=O.COC(=O)C(C)Sc1nc2c(cnn2-c2cccc(C)c2)c(=O)[nH]1.COC(=O)C(C)Sc1nc2c(cnn2-c2cccc(F)c2)c(=O)[nH]1.Cc1cccc(-n2ncc3c(=O)[nH]c(=S)[nH]c32)c1. The lowest BCUT2D eigenvalue weighted by Crippen LogP contribution is -2.25. The molecule has 40 nitrogen and oxygen atoms in total. The third-order valence-electron chi connectivity index (χ3n) is 19.6. The molecule has 5 unspecified atom stereocenters. The number of primary amides is 2. The maximum Gasteiger partial charge on any atom is 0.319 e. The molecule has 11 N–H and O–H groups in total. The minimum absolute atomic E-state index is 0.229. The highest BCUT2D eigenvalue weighted by Gasteiger charge is 2.26. The van der Waals surface area contributed by atoms with Crippen molar-refractivity contribution in [2.45, 2.75) is 113 Å². The molecule has 0 aliphatic heterocycles. The lowest BCUT2D eigenvalue weighted by atomic mass is 10.2. The number of hydrogen-bond donors (Lipinski definition) is 9. The standard InChI is InChI=1S/C16H15FN4O3S.C16H16N4O3S.C15H14FN5O2S.C15H13FN4O3S.C14H12FN5O2S.C12H10N4OS/c1-3-12(15(23)24-2)25-16-19-13-11(14(22)20-16)8-18-21(13)10-6-4-5-9(17)7-10;1-9-5-4-6-11(7-9)20-13-12(8-17-20)14(21)19-16(18-13)24-10(2)15(22)23-3;1-2-11(12(17)22)24-15-19-13-10(14(23)20-15)7-18-21(13)9-5-3-4-8(16)6-9;1-8(14(22)23-2)24-15-18-12-11(13(21)19-15)7-17-20(12)10-5-3-4-9(16)6-10;1-7(11(16)21)23-14-18-12-10(13(22)19-14)6-17-20(12)9-4-2-3-8(15)5-9;1-7-3-2-4-8(5-7)16-10-9(6-13-16)11(17)15-12(18)14-10/h4-8,12H,3H2,1-2H3,(H,19,20,22);4-8,10H,1-3H3,(H,18,19,21);3-7,11H,2H2,1H3,(H2,17,22)(H,19,20,23);3-8H,1-2H3,(H,18,19,21);2-7H,1H3,(H2,16,21)(H,18,19,22);2-6H,1H3,(H2,14,15,17,18). The number of carbonyl (C=O) groups is 5. The van der Waals surface area contributed by atoms with Gasteiger partial charge in [0.15, 0.2) is 58.8 Å². The normalized spacial score (nSPS) is 12.2. The van der Waals surface area contributed by atoms with E-state index < -0.39 is 78.8 Å². The zero-order valence-electron chi connectivity index (χ0n) is 74.1. The first-order valence-corrected chi connectivity index (χ1v) is 45.9. The number of nitrogens with one attached hydrogen (secondary N) is 7. The van der Waals surface area contributed by atoms with Crippen molar-refractivity contribution in [1.29, 1.82) is 0 Å². The minimum Gasteiger partial charge on any atom is -0.468 e. The van der Waals surface area contributed by atoms with E-state index in [0.717, 1.165) is 81.3 Å². The number of aromatic nitrogens is 24. The van der Waals surface area contributed by atoms with E-state index in [0.29, 0.717) is 67.6 Å². The number of benzene rings is 6. The number of nitrogens with two attached hydrogens (primary N) is 2. The summed E-state index contributed by atoms with van der Waals surface area (Å²) in [5, 5.41) is 25.7. The molecule has 6 aromatic carbocycles. The van der Waals surface area contributed by atoms with Crippen molar-refractivity contribution in [2.24, 2.45) is 11.5 Å². The van der Waals surface area contributed by atoms with Crippen molar-refractivity contribution in [3.8, 4) is 34.1 Å². The third-order valence-corrected chi connectivity index (χ3v) is 25.2. The Morgan fingerprint density at radius 2 is 0.609 bits per heavy atom. The van der Waals surface area contributed by atoms with Crippen molar-refractivity contribution < 1.29 is 55.7 Å². The number of rotatable bonds is 23. The number of nitrogens with zero attached hydrogens (tertiary/aromatic N) is 17. The van der Waals surface area contributed by atoms with Gasteiger partial charge in [0.1, 0.15) is 77.0 Å². The Balaban J connectivity index is 0.000000140. The molecule has 2 amide bonds. The summed E-state index contributed by atoms with van der Waals surface area (Å²) < 4.78 is 76.9. The van der Waals surface area contributed by atoms with E-state index in [-0.39, 0.29) is 98.5 Å². The van der Waals surface area contributed by atoms with Crippen LogP contribution in [0.2, 0.25) is 0 Å². The van der Waals surface area contributed by atoms with Crippen LogP contribution in [-0.2, 0) is 38.2 Å². The predicted octanol–water partition coefficient (Wildman–Crippen LogP) is 11.2. The molecule has 18 aromatic rings. The van der Waals surface area contributed by atoms with Crippen LogP contribution in [0.25, 0.3) is 100 Å². The second-order valence-electron chi connectivity index (χ2n) is 29.3. The lowest BCUT2D eigenvalue weighted by molar-refractivity contribution is -0.140. The fraction of sp³-hybridized carbons (Fsp3) is 0.193. The van der Waals surface area contributed by atoms with Gasteiger partial charge in [-0.2, -0.15) is 30.6 Å². The number of amides is 2. The largest absolute Gasteiger partial charge is 0.468 e. The van der Waals surface area contributed by atoms with Crippen molar-refractivity contribution in [2.75, 3.05) is 21.3 Å². The highest BCUT2D eigenvalue weighted by Crippen LogP contribution is 2.30. The van der Waals surface area contributed by atoms with Gasteiger partial charge in [-0.15, -0.1) is 0 Å². The number of halogens is 4. The summed E-state index contributed by atoms with van der Waals surface area (Å²) in [6.07, 6.45) is 9.50. The summed E-state index contributed by atoms with van der Waals surface area (Å²) in [6.45, 7) is 12.6. The lowest BCUT2D eigenvalue weighted by Gasteiger charge is -2.11. The summed E-state index contributed by atoms with van der Waals surface area (Å²) in [5.74, 6) is -3.89. The van der Waals surface area contributed by atoms with Crippen LogP contribution < -0.4 is 44.8 Å². The first-order chi connectivity index (χ1) is 66.1. The van der Waals surface area contributed by atoms with Gasteiger partial charge in [-0.25, -0.2) is 70.6 Å². The molecule has 138 heavy (non-hydrogen) atoms. The minimum atomic E-state index is -0.554. The molecule has 50 heteroatoms. The second-order valence-corrected chi connectivity index (χ2v) is 36.1. The monoisotopic (exact) mass is 1990 g/mol. The average Bonchev–Trinajstić information content (AvgIpc) is 1.77. The van der Waals surface area contributed by atoms with Gasteiger partial charge in [0.05, 0.1) is 103 Å². The first kappa shape index (κ1) is 99.9. The quantitative estimate of drug-likeness (QED) is 0.00717. The predicted molar refractivity (Wildman–Crippen MR) is 514 cm³/mol. The molecule has 12 aromatic heterocycles. The molecular weight excluding hydrogens is 1910 g/mol. The average molecular weight is 1990 g/mol. The number of aromatic amines is 7.